The van der Waals surface area contributed by atoms with E-state index in [0.717, 1.165) is 13.1 Å². The van der Waals surface area contributed by atoms with Crippen molar-refractivity contribution in [1.29, 1.82) is 0 Å². The van der Waals surface area contributed by atoms with Crippen LogP contribution in [-0.2, 0) is 0 Å². The van der Waals surface area contributed by atoms with Crippen molar-refractivity contribution >= 4 is 5.91 Å². The van der Waals surface area contributed by atoms with Gasteiger partial charge in [0.05, 0.1) is 6.54 Å². The first-order valence-corrected chi connectivity index (χ1v) is 6.72. The first-order chi connectivity index (χ1) is 9.22. The molecular weight excluding hydrogens is 243 g/mol. The minimum atomic E-state index is -0.324. The zero-order valence-electron chi connectivity index (χ0n) is 10.7. The number of allylic oxidation sites excluding steroid dienone is 1. The summed E-state index contributed by atoms with van der Waals surface area (Å²) in [6.07, 6.45) is 4.74. The highest BCUT2D eigenvalue weighted by Crippen LogP contribution is 2.28. The fourth-order valence-corrected chi connectivity index (χ4v) is 2.78. The van der Waals surface area contributed by atoms with Gasteiger partial charge in [-0.2, -0.15) is 0 Å². The van der Waals surface area contributed by atoms with Crippen LogP contribution in [0.5, 0.6) is 0 Å². The van der Waals surface area contributed by atoms with E-state index < -0.39 is 0 Å². The smallest absolute Gasteiger partial charge is 0.251 e. The minimum absolute atomic E-state index is 0.149. The molecule has 3 aliphatic rings. The molecule has 4 heteroatoms. The molecule has 1 N–H and O–H groups in total. The summed E-state index contributed by atoms with van der Waals surface area (Å²) < 4.78 is 12.8. The summed E-state index contributed by atoms with van der Waals surface area (Å²) in [7, 11) is 0. The van der Waals surface area contributed by atoms with Gasteiger partial charge in [-0.05, 0) is 43.0 Å². The van der Waals surface area contributed by atoms with E-state index in [1.165, 1.54) is 42.8 Å². The third-order valence-electron chi connectivity index (χ3n) is 3.91. The standard InChI is InChI=1S/C15H17FN2O/c16-13-3-1-12(2-4-13)15(19)17-10-14-9-11-5-7-18(14)8-6-11/h1-4,9,11H,5-8,10H2,(H,17,19). The van der Waals surface area contributed by atoms with Crippen LogP contribution in [0.3, 0.4) is 0 Å². The van der Waals surface area contributed by atoms with Gasteiger partial charge >= 0.3 is 0 Å². The maximum absolute atomic E-state index is 12.8. The van der Waals surface area contributed by atoms with Gasteiger partial charge < -0.3 is 10.2 Å². The SMILES string of the molecule is O=C(NCC1=CC2CCN1CC2)c1ccc(F)cc1. The van der Waals surface area contributed by atoms with Gasteiger partial charge in [0.25, 0.3) is 5.91 Å². The predicted molar refractivity (Wildman–Crippen MR) is 71.1 cm³/mol. The highest BCUT2D eigenvalue weighted by Gasteiger charge is 2.25. The van der Waals surface area contributed by atoms with Gasteiger partial charge in [-0.3, -0.25) is 4.79 Å². The van der Waals surface area contributed by atoms with E-state index in [2.05, 4.69) is 16.3 Å². The average molecular weight is 260 g/mol. The van der Waals surface area contributed by atoms with Gasteiger partial charge in [-0.25, -0.2) is 4.39 Å². The molecule has 4 rings (SSSR count). The number of piperidine rings is 1. The number of hydrogen-bond acceptors (Lipinski definition) is 2. The zero-order valence-corrected chi connectivity index (χ0v) is 10.7. The number of fused-ring (bicyclic) bond motifs is 2. The summed E-state index contributed by atoms with van der Waals surface area (Å²) in [6.45, 7) is 2.76. The average Bonchev–Trinajstić information content (AvgIpc) is 2.47. The molecule has 0 spiro atoms. The lowest BCUT2D eigenvalue weighted by molar-refractivity contribution is 0.0950. The quantitative estimate of drug-likeness (QED) is 0.903. The molecule has 1 aromatic carbocycles. The van der Waals surface area contributed by atoms with Gasteiger partial charge in [0, 0.05) is 24.4 Å². The van der Waals surface area contributed by atoms with Crippen LogP contribution in [0.15, 0.2) is 36.0 Å². The molecule has 3 heterocycles. The second-order valence-corrected chi connectivity index (χ2v) is 5.17. The number of nitrogens with one attached hydrogen (secondary N) is 1. The number of halogens is 1. The number of hydrogen-bond donors (Lipinski definition) is 1. The van der Waals surface area contributed by atoms with Crippen molar-refractivity contribution in [2.24, 2.45) is 5.92 Å². The zero-order chi connectivity index (χ0) is 13.2. The van der Waals surface area contributed by atoms with Crippen LogP contribution >= 0.6 is 0 Å². The molecule has 1 amide bonds. The van der Waals surface area contributed by atoms with Gasteiger partial charge in [0.1, 0.15) is 5.82 Å². The molecule has 0 unspecified atom stereocenters. The number of carbonyl (C=O) groups excluding carboxylic acids is 1. The molecule has 0 aromatic heterocycles. The van der Waals surface area contributed by atoms with Gasteiger partial charge in [0.2, 0.25) is 0 Å². The number of benzene rings is 1. The van der Waals surface area contributed by atoms with Crippen LogP contribution in [0.1, 0.15) is 23.2 Å². The minimum Gasteiger partial charge on any atom is -0.374 e. The normalized spacial score (nSPS) is 18.4. The maximum atomic E-state index is 12.8. The number of amides is 1. The first kappa shape index (κ1) is 12.2. The highest BCUT2D eigenvalue weighted by molar-refractivity contribution is 5.94. The van der Waals surface area contributed by atoms with Gasteiger partial charge in [0.15, 0.2) is 0 Å². The summed E-state index contributed by atoms with van der Waals surface area (Å²) >= 11 is 0. The van der Waals surface area contributed by atoms with Crippen LogP contribution in [0.2, 0.25) is 0 Å². The molecule has 1 fully saturated rings. The van der Waals surface area contributed by atoms with Crippen molar-refractivity contribution < 1.29 is 9.18 Å². The summed E-state index contributed by atoms with van der Waals surface area (Å²) in [6, 6.07) is 5.62. The van der Waals surface area contributed by atoms with Crippen molar-refractivity contribution in [2.45, 2.75) is 12.8 Å². The van der Waals surface area contributed by atoms with Gasteiger partial charge in [-0.15, -0.1) is 0 Å². The summed E-state index contributed by atoms with van der Waals surface area (Å²) in [5.74, 6) is 0.209. The second-order valence-electron chi connectivity index (χ2n) is 5.17. The Kier molecular flexibility index (Phi) is 3.23. The Labute approximate surface area is 112 Å². The van der Waals surface area contributed by atoms with Crippen molar-refractivity contribution in [1.82, 2.24) is 10.2 Å². The Morgan fingerprint density at radius 3 is 2.53 bits per heavy atom. The monoisotopic (exact) mass is 260 g/mol. The van der Waals surface area contributed by atoms with Crippen LogP contribution in [0, 0.1) is 11.7 Å². The number of carbonyl (C=O) groups is 1. The largest absolute Gasteiger partial charge is 0.374 e. The molecule has 0 radical (unpaired) electrons. The van der Waals surface area contributed by atoms with E-state index in [9.17, 15) is 9.18 Å². The topological polar surface area (TPSA) is 32.3 Å². The van der Waals surface area contributed by atoms with Gasteiger partial charge in [-0.1, -0.05) is 6.08 Å². The van der Waals surface area contributed by atoms with E-state index in [4.69, 9.17) is 0 Å². The molecule has 2 bridgehead atoms. The fraction of sp³-hybridized carbons (Fsp3) is 0.400. The van der Waals surface area contributed by atoms with Crippen LogP contribution in [-0.4, -0.2) is 30.4 Å². The molecule has 3 aliphatic heterocycles. The fourth-order valence-electron chi connectivity index (χ4n) is 2.78. The second kappa shape index (κ2) is 5.03. The first-order valence-electron chi connectivity index (χ1n) is 6.72. The maximum Gasteiger partial charge on any atom is 0.251 e. The van der Waals surface area contributed by atoms with E-state index in [1.54, 1.807) is 0 Å². The number of rotatable bonds is 3. The Morgan fingerprint density at radius 1 is 1.26 bits per heavy atom. The Hall–Kier alpha value is -1.84. The van der Waals surface area contributed by atoms with E-state index in [-0.39, 0.29) is 11.7 Å². The highest BCUT2D eigenvalue weighted by atomic mass is 19.1. The predicted octanol–water partition coefficient (Wildman–Crippen LogP) is 2.17. The van der Waals surface area contributed by atoms with Crippen LogP contribution < -0.4 is 5.32 Å². The molecule has 100 valence electrons. The van der Waals surface area contributed by atoms with Crippen LogP contribution in [0.4, 0.5) is 4.39 Å². The molecule has 0 aliphatic carbocycles. The lowest BCUT2D eigenvalue weighted by Gasteiger charge is -2.40. The molecule has 3 nitrogen and oxygen atoms in total. The van der Waals surface area contributed by atoms with E-state index in [0.29, 0.717) is 18.0 Å². The molecular formula is C15H17FN2O. The number of nitrogens with zero attached hydrogens (tertiary/aromatic N) is 1. The Morgan fingerprint density at radius 2 is 1.95 bits per heavy atom. The van der Waals surface area contributed by atoms with Crippen molar-refractivity contribution in [3.05, 3.63) is 47.4 Å². The van der Waals surface area contributed by atoms with E-state index >= 15 is 0 Å². The Balaban J connectivity index is 1.60. The van der Waals surface area contributed by atoms with Crippen molar-refractivity contribution in [2.75, 3.05) is 19.6 Å². The summed E-state index contributed by atoms with van der Waals surface area (Å²) in [4.78, 5) is 14.3. The molecule has 0 atom stereocenters. The van der Waals surface area contributed by atoms with Crippen molar-refractivity contribution in [3.63, 3.8) is 0 Å². The third-order valence-corrected chi connectivity index (χ3v) is 3.91. The van der Waals surface area contributed by atoms with Crippen LogP contribution in [0.25, 0.3) is 0 Å². The molecule has 1 saturated heterocycles. The van der Waals surface area contributed by atoms with Crippen molar-refractivity contribution in [3.8, 4) is 0 Å². The molecule has 0 saturated carbocycles. The van der Waals surface area contributed by atoms with E-state index in [1.807, 2.05) is 0 Å². The third kappa shape index (κ3) is 2.62. The molecule has 19 heavy (non-hydrogen) atoms. The lowest BCUT2D eigenvalue weighted by atomic mass is 9.90. The lowest BCUT2D eigenvalue weighted by Crippen LogP contribution is -2.41. The Bertz CT molecular complexity index is 501. The summed E-state index contributed by atoms with van der Waals surface area (Å²) in [5, 5.41) is 2.90. The molecule has 1 aromatic rings. The summed E-state index contributed by atoms with van der Waals surface area (Å²) in [5.41, 5.74) is 1.72.